The van der Waals surface area contributed by atoms with Crippen LogP contribution in [0.4, 0.5) is 0 Å². The molecular formula is C49H97NO5. The van der Waals surface area contributed by atoms with Gasteiger partial charge in [0.05, 0.1) is 13.2 Å². The normalized spacial score (nSPS) is 12.2. The van der Waals surface area contributed by atoms with Crippen molar-refractivity contribution in [3.8, 4) is 0 Å². The molecule has 0 heterocycles. The number of aliphatic hydroxyl groups excluding tert-OH is 1. The van der Waals surface area contributed by atoms with Gasteiger partial charge in [-0.2, -0.15) is 0 Å². The van der Waals surface area contributed by atoms with E-state index in [1.54, 1.807) is 0 Å². The third-order valence-corrected chi connectivity index (χ3v) is 11.7. The first kappa shape index (κ1) is 53.9. The lowest BCUT2D eigenvalue weighted by atomic mass is 9.92. The zero-order valence-electron chi connectivity index (χ0n) is 37.7. The molecule has 0 bridgehead atoms. The van der Waals surface area contributed by atoms with E-state index in [0.29, 0.717) is 25.4 Å². The predicted molar refractivity (Wildman–Crippen MR) is 237 cm³/mol. The van der Waals surface area contributed by atoms with Crippen molar-refractivity contribution in [2.45, 2.75) is 265 Å². The van der Waals surface area contributed by atoms with Crippen LogP contribution >= 0.6 is 0 Å². The van der Waals surface area contributed by atoms with E-state index in [1.165, 1.54) is 148 Å². The van der Waals surface area contributed by atoms with Gasteiger partial charge >= 0.3 is 11.9 Å². The number of aliphatic hydroxyl groups is 1. The zero-order valence-corrected chi connectivity index (χ0v) is 37.7. The molecule has 0 radical (unpaired) electrons. The van der Waals surface area contributed by atoms with E-state index in [0.717, 1.165) is 90.3 Å². The van der Waals surface area contributed by atoms with Crippen LogP contribution in [0.15, 0.2) is 0 Å². The Labute approximate surface area is 343 Å². The average molecular weight is 780 g/mol. The Hall–Kier alpha value is -1.14. The number of hydrogen-bond donors (Lipinski definition) is 1. The first-order chi connectivity index (χ1) is 27.0. The highest BCUT2D eigenvalue weighted by molar-refractivity contribution is 5.69. The van der Waals surface area contributed by atoms with Crippen LogP contribution in [0, 0.1) is 5.92 Å². The SMILES string of the molecule is CCCCCCCCC(CCCCCCCC)OC(=O)CCCCCCCN(CCO)CCCCCCCC(=O)OCCC(CCCCC)CCCCCC. The van der Waals surface area contributed by atoms with Crippen molar-refractivity contribution < 1.29 is 24.2 Å². The number of carbonyl (C=O) groups is 2. The summed E-state index contributed by atoms with van der Waals surface area (Å²) in [5.74, 6) is 0.709. The van der Waals surface area contributed by atoms with Gasteiger partial charge < -0.3 is 19.5 Å². The third kappa shape index (κ3) is 39.5. The summed E-state index contributed by atoms with van der Waals surface area (Å²) in [4.78, 5) is 27.5. The van der Waals surface area contributed by atoms with Crippen LogP contribution in [-0.4, -0.2) is 60.9 Å². The molecule has 0 aromatic carbocycles. The molecule has 1 unspecified atom stereocenters. The summed E-state index contributed by atoms with van der Waals surface area (Å²) in [5, 5.41) is 9.60. The maximum atomic E-state index is 12.7. The number of esters is 2. The van der Waals surface area contributed by atoms with Gasteiger partial charge in [-0.05, 0) is 76.8 Å². The molecule has 0 aliphatic heterocycles. The van der Waals surface area contributed by atoms with Crippen molar-refractivity contribution in [3.63, 3.8) is 0 Å². The number of hydrogen-bond acceptors (Lipinski definition) is 6. The largest absolute Gasteiger partial charge is 0.466 e. The van der Waals surface area contributed by atoms with Crippen molar-refractivity contribution in [1.82, 2.24) is 4.90 Å². The molecule has 0 saturated heterocycles. The second-order valence-electron chi connectivity index (χ2n) is 17.0. The Morgan fingerprint density at radius 1 is 0.436 bits per heavy atom. The molecular weight excluding hydrogens is 683 g/mol. The molecule has 6 heteroatoms. The maximum Gasteiger partial charge on any atom is 0.306 e. The van der Waals surface area contributed by atoms with Crippen LogP contribution in [0.2, 0.25) is 0 Å². The molecule has 0 amide bonds. The predicted octanol–water partition coefficient (Wildman–Crippen LogP) is 14.5. The monoisotopic (exact) mass is 780 g/mol. The second-order valence-corrected chi connectivity index (χ2v) is 17.0. The first-order valence-electron chi connectivity index (χ1n) is 24.7. The van der Waals surface area contributed by atoms with E-state index in [9.17, 15) is 14.7 Å². The lowest BCUT2D eigenvalue weighted by molar-refractivity contribution is -0.150. The number of unbranched alkanes of at least 4 members (excludes halogenated alkanes) is 23. The third-order valence-electron chi connectivity index (χ3n) is 11.7. The molecule has 0 aromatic heterocycles. The van der Waals surface area contributed by atoms with Gasteiger partial charge in [-0.15, -0.1) is 0 Å². The Kier molecular flexibility index (Phi) is 43.1. The minimum Gasteiger partial charge on any atom is -0.466 e. The Balaban J connectivity index is 4.07. The van der Waals surface area contributed by atoms with Crippen molar-refractivity contribution in [3.05, 3.63) is 0 Å². The average Bonchev–Trinajstić information content (AvgIpc) is 3.18. The van der Waals surface area contributed by atoms with Crippen molar-refractivity contribution in [1.29, 1.82) is 0 Å². The van der Waals surface area contributed by atoms with Gasteiger partial charge in [0.1, 0.15) is 6.10 Å². The van der Waals surface area contributed by atoms with Crippen molar-refractivity contribution >= 4 is 11.9 Å². The van der Waals surface area contributed by atoms with E-state index < -0.39 is 0 Å². The summed E-state index contributed by atoms with van der Waals surface area (Å²) in [6.45, 7) is 12.7. The number of ether oxygens (including phenoxy) is 2. The van der Waals surface area contributed by atoms with Gasteiger partial charge in [0.15, 0.2) is 0 Å². The summed E-state index contributed by atoms with van der Waals surface area (Å²) in [5.41, 5.74) is 0. The van der Waals surface area contributed by atoms with Gasteiger partial charge in [0.25, 0.3) is 0 Å². The minimum absolute atomic E-state index is 0.0148. The molecule has 0 aliphatic carbocycles. The molecule has 0 aliphatic rings. The van der Waals surface area contributed by atoms with Crippen LogP contribution in [0.5, 0.6) is 0 Å². The standard InChI is InChI=1S/C49H97NO5/c1-5-9-13-16-20-28-36-47(37-29-21-17-14-10-6-2)55-49(53)39-31-23-19-25-33-42-50(43-44-51)41-32-24-18-22-30-38-48(52)54-45-40-46(34-26-12-8-4)35-27-15-11-7-3/h46-47,51H,5-45H2,1-4H3. The fraction of sp³-hybridized carbons (Fsp3) is 0.959. The fourth-order valence-corrected chi connectivity index (χ4v) is 7.95. The van der Waals surface area contributed by atoms with E-state index in [4.69, 9.17) is 9.47 Å². The molecule has 6 nitrogen and oxygen atoms in total. The highest BCUT2D eigenvalue weighted by Gasteiger charge is 2.15. The fourth-order valence-electron chi connectivity index (χ4n) is 7.95. The van der Waals surface area contributed by atoms with E-state index in [-0.39, 0.29) is 24.6 Å². The van der Waals surface area contributed by atoms with Crippen molar-refractivity contribution in [2.75, 3.05) is 32.8 Å². The van der Waals surface area contributed by atoms with Crippen LogP contribution < -0.4 is 0 Å². The van der Waals surface area contributed by atoms with E-state index in [1.807, 2.05) is 0 Å². The summed E-state index contributed by atoms with van der Waals surface area (Å²) in [7, 11) is 0. The van der Waals surface area contributed by atoms with Crippen LogP contribution in [0.1, 0.15) is 259 Å². The van der Waals surface area contributed by atoms with Gasteiger partial charge in [0.2, 0.25) is 0 Å². The van der Waals surface area contributed by atoms with Crippen LogP contribution in [0.25, 0.3) is 0 Å². The molecule has 55 heavy (non-hydrogen) atoms. The highest BCUT2D eigenvalue weighted by Crippen LogP contribution is 2.22. The van der Waals surface area contributed by atoms with Crippen molar-refractivity contribution in [2.24, 2.45) is 5.92 Å². The summed E-state index contributed by atoms with van der Waals surface area (Å²) >= 11 is 0. The lowest BCUT2D eigenvalue weighted by Gasteiger charge is -2.21. The smallest absolute Gasteiger partial charge is 0.306 e. The van der Waals surface area contributed by atoms with Gasteiger partial charge in [0, 0.05) is 19.4 Å². The molecule has 328 valence electrons. The molecule has 0 saturated carbocycles. The summed E-state index contributed by atoms with van der Waals surface area (Å²) in [6, 6.07) is 0. The lowest BCUT2D eigenvalue weighted by Crippen LogP contribution is -2.29. The quantitative estimate of drug-likeness (QED) is 0.0490. The van der Waals surface area contributed by atoms with Crippen LogP contribution in [0.3, 0.4) is 0 Å². The van der Waals surface area contributed by atoms with Gasteiger partial charge in [-0.1, -0.05) is 188 Å². The zero-order chi connectivity index (χ0) is 40.3. The highest BCUT2D eigenvalue weighted by atomic mass is 16.5. The summed E-state index contributed by atoms with van der Waals surface area (Å²) in [6.07, 6.45) is 42.4. The number of rotatable bonds is 45. The molecule has 1 N–H and O–H groups in total. The Bertz CT molecular complexity index is 775. The van der Waals surface area contributed by atoms with E-state index >= 15 is 0 Å². The maximum absolute atomic E-state index is 12.7. The van der Waals surface area contributed by atoms with Gasteiger partial charge in [-0.25, -0.2) is 0 Å². The molecule has 0 rings (SSSR count). The Morgan fingerprint density at radius 3 is 1.33 bits per heavy atom. The molecule has 0 fully saturated rings. The van der Waals surface area contributed by atoms with Gasteiger partial charge in [-0.3, -0.25) is 9.59 Å². The molecule has 0 aromatic rings. The first-order valence-corrected chi connectivity index (χ1v) is 24.7. The van der Waals surface area contributed by atoms with Crippen LogP contribution in [-0.2, 0) is 19.1 Å². The number of nitrogens with zero attached hydrogens (tertiary/aromatic N) is 1. The second kappa shape index (κ2) is 44.0. The molecule has 0 spiro atoms. The number of carbonyl (C=O) groups excluding carboxylic acids is 2. The molecule has 1 atom stereocenters. The summed E-state index contributed by atoms with van der Waals surface area (Å²) < 4.78 is 11.7. The van der Waals surface area contributed by atoms with E-state index in [2.05, 4.69) is 32.6 Å². The minimum atomic E-state index is -0.0152. The topological polar surface area (TPSA) is 76.1 Å². The Morgan fingerprint density at radius 2 is 0.818 bits per heavy atom.